The molecule has 2 aromatic carbocycles. The number of urea groups is 1. The van der Waals surface area contributed by atoms with E-state index in [2.05, 4.69) is 31.4 Å². The molecule has 0 aromatic heterocycles. The second-order valence-electron chi connectivity index (χ2n) is 6.19. The van der Waals surface area contributed by atoms with Crippen LogP contribution in [0.3, 0.4) is 0 Å². The molecule has 2 rings (SSSR count). The molecular weight excluding hydrogens is 260 g/mol. The van der Waals surface area contributed by atoms with Gasteiger partial charge in [-0.15, -0.1) is 0 Å². The smallest absolute Gasteiger partial charge is 0.307 e. The molecule has 0 saturated heterocycles. The zero-order valence-electron chi connectivity index (χ0n) is 13.0. The fourth-order valence-electron chi connectivity index (χ4n) is 2.24. The Balaban J connectivity index is 2.16. The number of aryl methyl sites for hydroxylation is 1. The van der Waals surface area contributed by atoms with Crippen LogP contribution >= 0.6 is 0 Å². The fraction of sp³-hybridized carbons (Fsp3) is 0.278. The van der Waals surface area contributed by atoms with Gasteiger partial charge in [-0.1, -0.05) is 57.2 Å². The Hall–Kier alpha value is -2.29. The summed E-state index contributed by atoms with van der Waals surface area (Å²) >= 11 is 0. The van der Waals surface area contributed by atoms with Crippen LogP contribution in [0.4, 0.5) is 16.2 Å². The van der Waals surface area contributed by atoms with Gasteiger partial charge in [0.2, 0.25) is 0 Å². The highest BCUT2D eigenvalue weighted by molar-refractivity contribution is 6.00. The van der Waals surface area contributed by atoms with Crippen molar-refractivity contribution < 1.29 is 4.79 Å². The quantitative estimate of drug-likeness (QED) is 0.805. The molecule has 2 aromatic rings. The molecule has 0 aliphatic carbocycles. The van der Waals surface area contributed by atoms with Crippen molar-refractivity contribution in [3.05, 3.63) is 59.7 Å². The summed E-state index contributed by atoms with van der Waals surface area (Å²) in [4.78, 5) is 12.2. The summed E-state index contributed by atoms with van der Waals surface area (Å²) in [5.41, 5.74) is 3.80. The third-order valence-corrected chi connectivity index (χ3v) is 3.38. The van der Waals surface area contributed by atoms with Crippen LogP contribution in [-0.2, 0) is 5.41 Å². The van der Waals surface area contributed by atoms with Crippen molar-refractivity contribution in [2.45, 2.75) is 33.1 Å². The molecule has 2 amide bonds. The lowest BCUT2D eigenvalue weighted by Crippen LogP contribution is -2.23. The van der Waals surface area contributed by atoms with Crippen LogP contribution in [0.1, 0.15) is 31.9 Å². The average Bonchev–Trinajstić information content (AvgIpc) is 2.41. The third kappa shape index (κ3) is 3.85. The van der Waals surface area contributed by atoms with Gasteiger partial charge in [0.1, 0.15) is 0 Å². The van der Waals surface area contributed by atoms with Crippen molar-refractivity contribution in [1.29, 1.82) is 0 Å². The monoisotopic (exact) mass is 282 g/mol. The summed E-state index contributed by atoms with van der Waals surface area (Å²) in [5, 5.41) is 5.83. The van der Waals surface area contributed by atoms with E-state index in [4.69, 9.17) is 0 Å². The number of amides is 2. The molecule has 0 spiro atoms. The molecule has 0 atom stereocenters. The number of carbonyl (C=O) groups is 1. The summed E-state index contributed by atoms with van der Waals surface area (Å²) in [5.74, 6) is 0. The fourth-order valence-corrected chi connectivity index (χ4v) is 2.24. The van der Waals surface area contributed by atoms with E-state index in [1.54, 1.807) is 0 Å². The van der Waals surface area contributed by atoms with Gasteiger partial charge in [0.15, 0.2) is 0 Å². The van der Waals surface area contributed by atoms with Crippen molar-refractivity contribution in [2.75, 3.05) is 10.6 Å². The normalized spacial score (nSPS) is 11.0. The third-order valence-electron chi connectivity index (χ3n) is 3.38. The second kappa shape index (κ2) is 6.00. The summed E-state index contributed by atoms with van der Waals surface area (Å²) in [6.45, 7) is 8.37. The van der Waals surface area contributed by atoms with Crippen LogP contribution in [0.25, 0.3) is 0 Å². The van der Waals surface area contributed by atoms with Crippen LogP contribution in [0.15, 0.2) is 48.5 Å². The molecule has 21 heavy (non-hydrogen) atoms. The number of nitrogens with one attached hydrogen (secondary N) is 2. The maximum absolute atomic E-state index is 12.2. The number of anilines is 2. The predicted molar refractivity (Wildman–Crippen MR) is 89.0 cm³/mol. The largest absolute Gasteiger partial charge is 0.323 e. The number of para-hydroxylation sites is 2. The Morgan fingerprint density at radius 1 is 0.857 bits per heavy atom. The van der Waals surface area contributed by atoms with E-state index in [9.17, 15) is 4.79 Å². The van der Waals surface area contributed by atoms with Gasteiger partial charge >= 0.3 is 6.03 Å². The first kappa shape index (κ1) is 15.1. The topological polar surface area (TPSA) is 41.1 Å². The first-order chi connectivity index (χ1) is 9.88. The summed E-state index contributed by atoms with van der Waals surface area (Å²) < 4.78 is 0. The highest BCUT2D eigenvalue weighted by Crippen LogP contribution is 2.29. The summed E-state index contributed by atoms with van der Waals surface area (Å²) in [6, 6.07) is 15.4. The zero-order valence-corrected chi connectivity index (χ0v) is 13.0. The molecule has 0 unspecified atom stereocenters. The van der Waals surface area contributed by atoms with E-state index in [-0.39, 0.29) is 11.4 Å². The van der Waals surface area contributed by atoms with Crippen molar-refractivity contribution in [1.82, 2.24) is 0 Å². The summed E-state index contributed by atoms with van der Waals surface area (Å²) in [6.07, 6.45) is 0. The Labute approximate surface area is 126 Å². The molecule has 3 nitrogen and oxygen atoms in total. The standard InChI is InChI=1S/C18H22N2O/c1-13-9-5-7-11-15(13)19-17(21)20-16-12-8-6-10-14(16)18(2,3)4/h5-12H,1-4H3,(H2,19,20,21). The van der Waals surface area contributed by atoms with E-state index in [1.807, 2.05) is 55.5 Å². The molecular formula is C18H22N2O. The van der Waals surface area contributed by atoms with Gasteiger partial charge in [-0.2, -0.15) is 0 Å². The number of carbonyl (C=O) groups excluding carboxylic acids is 1. The van der Waals surface area contributed by atoms with Gasteiger partial charge in [0.25, 0.3) is 0 Å². The van der Waals surface area contributed by atoms with Crippen LogP contribution in [-0.4, -0.2) is 6.03 Å². The van der Waals surface area contributed by atoms with Crippen molar-refractivity contribution >= 4 is 17.4 Å². The molecule has 0 fully saturated rings. The number of rotatable bonds is 2. The van der Waals surface area contributed by atoms with Gasteiger partial charge in [-0.3, -0.25) is 0 Å². The minimum Gasteiger partial charge on any atom is -0.307 e. The van der Waals surface area contributed by atoms with E-state index in [0.717, 1.165) is 22.5 Å². The Morgan fingerprint density at radius 3 is 2.00 bits per heavy atom. The van der Waals surface area contributed by atoms with E-state index in [1.165, 1.54) is 0 Å². The van der Waals surface area contributed by atoms with E-state index < -0.39 is 0 Å². The molecule has 0 aliphatic heterocycles. The number of benzene rings is 2. The number of hydrogen-bond acceptors (Lipinski definition) is 1. The van der Waals surface area contributed by atoms with Gasteiger partial charge in [0, 0.05) is 11.4 Å². The zero-order chi connectivity index (χ0) is 15.5. The molecule has 0 radical (unpaired) electrons. The lowest BCUT2D eigenvalue weighted by molar-refractivity contribution is 0.262. The van der Waals surface area contributed by atoms with E-state index >= 15 is 0 Å². The first-order valence-electron chi connectivity index (χ1n) is 7.11. The molecule has 0 bridgehead atoms. The minimum atomic E-state index is -0.221. The number of hydrogen-bond donors (Lipinski definition) is 2. The molecule has 0 heterocycles. The van der Waals surface area contributed by atoms with Gasteiger partial charge in [0.05, 0.1) is 0 Å². The lowest BCUT2D eigenvalue weighted by atomic mass is 9.86. The highest BCUT2D eigenvalue weighted by atomic mass is 16.2. The Bertz CT molecular complexity index is 642. The SMILES string of the molecule is Cc1ccccc1NC(=O)Nc1ccccc1C(C)(C)C. The Kier molecular flexibility index (Phi) is 4.32. The maximum atomic E-state index is 12.2. The van der Waals surface area contributed by atoms with Crippen molar-refractivity contribution in [3.8, 4) is 0 Å². The van der Waals surface area contributed by atoms with Gasteiger partial charge in [-0.05, 0) is 35.6 Å². The Morgan fingerprint density at radius 2 is 1.38 bits per heavy atom. The predicted octanol–water partition coefficient (Wildman–Crippen LogP) is 4.94. The molecule has 0 saturated carbocycles. The molecule has 110 valence electrons. The van der Waals surface area contributed by atoms with Crippen LogP contribution < -0.4 is 10.6 Å². The molecule has 0 aliphatic rings. The highest BCUT2D eigenvalue weighted by Gasteiger charge is 2.18. The molecule has 2 N–H and O–H groups in total. The van der Waals surface area contributed by atoms with Crippen LogP contribution in [0.5, 0.6) is 0 Å². The summed E-state index contributed by atoms with van der Waals surface area (Å²) in [7, 11) is 0. The maximum Gasteiger partial charge on any atom is 0.323 e. The van der Waals surface area contributed by atoms with Crippen molar-refractivity contribution in [2.24, 2.45) is 0 Å². The molecule has 3 heteroatoms. The first-order valence-corrected chi connectivity index (χ1v) is 7.11. The van der Waals surface area contributed by atoms with Crippen molar-refractivity contribution in [3.63, 3.8) is 0 Å². The average molecular weight is 282 g/mol. The lowest BCUT2D eigenvalue weighted by Gasteiger charge is -2.23. The van der Waals surface area contributed by atoms with E-state index in [0.29, 0.717) is 0 Å². The van der Waals surface area contributed by atoms with Gasteiger partial charge in [-0.25, -0.2) is 4.79 Å². The van der Waals surface area contributed by atoms with Gasteiger partial charge < -0.3 is 10.6 Å². The van der Waals surface area contributed by atoms with Crippen LogP contribution in [0, 0.1) is 6.92 Å². The van der Waals surface area contributed by atoms with Crippen LogP contribution in [0.2, 0.25) is 0 Å². The second-order valence-corrected chi connectivity index (χ2v) is 6.19. The minimum absolute atomic E-state index is 0.0213.